The van der Waals surface area contributed by atoms with E-state index < -0.39 is 6.10 Å². The lowest BCUT2D eigenvalue weighted by atomic mass is 9.97. The van der Waals surface area contributed by atoms with Gasteiger partial charge in [-0.2, -0.15) is 0 Å². The number of aliphatic hydroxyl groups is 1. The van der Waals surface area contributed by atoms with Crippen LogP contribution in [0.4, 0.5) is 4.79 Å². The summed E-state index contributed by atoms with van der Waals surface area (Å²) in [6, 6.07) is -0.0988. The van der Waals surface area contributed by atoms with Gasteiger partial charge in [0.2, 0.25) is 0 Å². The molecule has 1 rings (SSSR count). The van der Waals surface area contributed by atoms with Crippen LogP contribution in [0.3, 0.4) is 0 Å². The molecule has 0 bridgehead atoms. The molecule has 0 radical (unpaired) electrons. The minimum Gasteiger partial charge on any atom is -0.391 e. The fraction of sp³-hybridized carbons (Fsp3) is 0.917. The molecule has 0 spiro atoms. The van der Waals surface area contributed by atoms with Gasteiger partial charge in [-0.3, -0.25) is 0 Å². The number of nitrogens with one attached hydrogen (secondary N) is 1. The van der Waals surface area contributed by atoms with Crippen LogP contribution in [-0.2, 0) is 4.74 Å². The van der Waals surface area contributed by atoms with Gasteiger partial charge < -0.3 is 20.1 Å². The van der Waals surface area contributed by atoms with Crippen molar-refractivity contribution >= 4 is 6.03 Å². The second kappa shape index (κ2) is 7.50. The van der Waals surface area contributed by atoms with Crippen LogP contribution in [-0.4, -0.2) is 55.0 Å². The Morgan fingerprint density at radius 1 is 1.35 bits per heavy atom. The Morgan fingerprint density at radius 3 is 2.47 bits per heavy atom. The van der Waals surface area contributed by atoms with Crippen LogP contribution in [0.1, 0.15) is 26.7 Å². The minimum absolute atomic E-state index is 0.0988. The van der Waals surface area contributed by atoms with Crippen molar-refractivity contribution in [3.63, 3.8) is 0 Å². The molecule has 0 aromatic heterocycles. The molecule has 2 N–H and O–H groups in total. The summed E-state index contributed by atoms with van der Waals surface area (Å²) < 4.78 is 5.18. The van der Waals surface area contributed by atoms with E-state index in [0.29, 0.717) is 32.8 Å². The van der Waals surface area contributed by atoms with E-state index in [4.69, 9.17) is 4.74 Å². The van der Waals surface area contributed by atoms with Crippen LogP contribution in [0, 0.1) is 5.92 Å². The highest BCUT2D eigenvalue weighted by Gasteiger charge is 2.19. The number of hydrogen-bond donors (Lipinski definition) is 2. The van der Waals surface area contributed by atoms with Crippen LogP contribution < -0.4 is 5.32 Å². The number of carbonyl (C=O) groups excluding carboxylic acids is 1. The van der Waals surface area contributed by atoms with Gasteiger partial charge in [-0.1, -0.05) is 26.7 Å². The smallest absolute Gasteiger partial charge is 0.317 e. The number of carbonyl (C=O) groups is 1. The molecule has 1 saturated heterocycles. The largest absolute Gasteiger partial charge is 0.391 e. The summed E-state index contributed by atoms with van der Waals surface area (Å²) in [6.45, 7) is 6.91. The molecule has 0 saturated carbocycles. The van der Waals surface area contributed by atoms with Crippen molar-refractivity contribution < 1.29 is 14.6 Å². The zero-order valence-corrected chi connectivity index (χ0v) is 10.8. The minimum atomic E-state index is -0.449. The topological polar surface area (TPSA) is 61.8 Å². The standard InChI is InChI=1S/C12H24N2O3/c1-3-10(4-2)11(15)9-13-12(16)14-5-7-17-8-6-14/h10-11,15H,3-9H2,1-2H3,(H,13,16). The number of hydrogen-bond acceptors (Lipinski definition) is 3. The van der Waals surface area contributed by atoms with Gasteiger partial charge in [0.05, 0.1) is 19.3 Å². The summed E-state index contributed by atoms with van der Waals surface area (Å²) in [7, 11) is 0. The van der Waals surface area contributed by atoms with Gasteiger partial charge in [-0.25, -0.2) is 4.79 Å². The number of urea groups is 1. The maximum atomic E-state index is 11.7. The van der Waals surface area contributed by atoms with E-state index in [1.807, 2.05) is 0 Å². The first-order valence-electron chi connectivity index (χ1n) is 6.47. The van der Waals surface area contributed by atoms with Gasteiger partial charge >= 0.3 is 6.03 Å². The summed E-state index contributed by atoms with van der Waals surface area (Å²) in [5.74, 6) is 0.264. The first-order chi connectivity index (χ1) is 8.19. The third-order valence-electron chi connectivity index (χ3n) is 3.35. The number of nitrogens with zero attached hydrogens (tertiary/aromatic N) is 1. The maximum absolute atomic E-state index is 11.7. The van der Waals surface area contributed by atoms with E-state index in [1.54, 1.807) is 4.90 Å². The molecule has 1 heterocycles. The number of amides is 2. The predicted octanol–water partition coefficient (Wildman–Crippen LogP) is 0.825. The molecule has 17 heavy (non-hydrogen) atoms. The van der Waals surface area contributed by atoms with Crippen molar-refractivity contribution in [3.8, 4) is 0 Å². The van der Waals surface area contributed by atoms with Gasteiger partial charge in [-0.15, -0.1) is 0 Å². The SMILES string of the molecule is CCC(CC)C(O)CNC(=O)N1CCOCC1. The van der Waals surface area contributed by atoms with Crippen molar-refractivity contribution in [2.24, 2.45) is 5.92 Å². The number of ether oxygens (including phenoxy) is 1. The van der Waals surface area contributed by atoms with Gasteiger partial charge in [0.25, 0.3) is 0 Å². The van der Waals surface area contributed by atoms with E-state index in [0.717, 1.165) is 12.8 Å². The Balaban J connectivity index is 2.26. The van der Waals surface area contributed by atoms with Crippen LogP contribution in [0.15, 0.2) is 0 Å². The third kappa shape index (κ3) is 4.52. The Bertz CT molecular complexity index is 226. The van der Waals surface area contributed by atoms with Gasteiger partial charge in [0.15, 0.2) is 0 Å². The van der Waals surface area contributed by atoms with E-state index in [9.17, 15) is 9.90 Å². The monoisotopic (exact) mass is 244 g/mol. The fourth-order valence-electron chi connectivity index (χ4n) is 2.07. The van der Waals surface area contributed by atoms with Gasteiger partial charge in [0, 0.05) is 19.6 Å². The lowest BCUT2D eigenvalue weighted by Gasteiger charge is -2.28. The summed E-state index contributed by atoms with van der Waals surface area (Å²) >= 11 is 0. The van der Waals surface area contributed by atoms with E-state index in [-0.39, 0.29) is 11.9 Å². The summed E-state index contributed by atoms with van der Waals surface area (Å²) in [5, 5.41) is 12.7. The van der Waals surface area contributed by atoms with Crippen LogP contribution in [0.2, 0.25) is 0 Å². The first-order valence-corrected chi connectivity index (χ1v) is 6.47. The Morgan fingerprint density at radius 2 is 1.94 bits per heavy atom. The predicted molar refractivity (Wildman–Crippen MR) is 65.9 cm³/mol. The molecule has 100 valence electrons. The highest BCUT2D eigenvalue weighted by molar-refractivity contribution is 5.74. The molecule has 1 unspecified atom stereocenters. The third-order valence-corrected chi connectivity index (χ3v) is 3.35. The lowest BCUT2D eigenvalue weighted by molar-refractivity contribution is 0.0505. The quantitative estimate of drug-likeness (QED) is 0.753. The average Bonchev–Trinajstić information content (AvgIpc) is 2.38. The average molecular weight is 244 g/mol. The highest BCUT2D eigenvalue weighted by Crippen LogP contribution is 2.12. The molecule has 2 amide bonds. The molecule has 0 aromatic carbocycles. The number of rotatable bonds is 5. The van der Waals surface area contributed by atoms with Crippen molar-refractivity contribution in [2.45, 2.75) is 32.8 Å². The molecular weight excluding hydrogens is 220 g/mol. The fourth-order valence-corrected chi connectivity index (χ4v) is 2.07. The van der Waals surface area contributed by atoms with Crippen LogP contribution >= 0.6 is 0 Å². The Kier molecular flexibility index (Phi) is 6.29. The summed E-state index contributed by atoms with van der Waals surface area (Å²) in [4.78, 5) is 13.5. The van der Waals surface area contributed by atoms with Crippen LogP contribution in [0.5, 0.6) is 0 Å². The van der Waals surface area contributed by atoms with Crippen molar-refractivity contribution in [1.82, 2.24) is 10.2 Å². The lowest BCUT2D eigenvalue weighted by Crippen LogP contribution is -2.48. The van der Waals surface area contributed by atoms with E-state index >= 15 is 0 Å². The second-order valence-corrected chi connectivity index (χ2v) is 4.43. The van der Waals surface area contributed by atoms with Gasteiger partial charge in [-0.05, 0) is 5.92 Å². The zero-order valence-electron chi connectivity index (χ0n) is 10.8. The Hall–Kier alpha value is -0.810. The molecule has 0 aliphatic carbocycles. The summed E-state index contributed by atoms with van der Waals surface area (Å²) in [6.07, 6.45) is 1.42. The number of aliphatic hydroxyl groups excluding tert-OH is 1. The molecule has 1 aliphatic heterocycles. The van der Waals surface area contributed by atoms with Crippen molar-refractivity contribution in [3.05, 3.63) is 0 Å². The van der Waals surface area contributed by atoms with E-state index in [1.165, 1.54) is 0 Å². The zero-order chi connectivity index (χ0) is 12.7. The second-order valence-electron chi connectivity index (χ2n) is 4.43. The first kappa shape index (κ1) is 14.3. The highest BCUT2D eigenvalue weighted by atomic mass is 16.5. The molecule has 1 atom stereocenters. The maximum Gasteiger partial charge on any atom is 0.317 e. The van der Waals surface area contributed by atoms with Gasteiger partial charge in [0.1, 0.15) is 0 Å². The summed E-state index contributed by atoms with van der Waals surface area (Å²) in [5.41, 5.74) is 0. The van der Waals surface area contributed by atoms with Crippen LogP contribution in [0.25, 0.3) is 0 Å². The molecule has 5 heteroatoms. The Labute approximate surface area is 103 Å². The number of morpholine rings is 1. The normalized spacial score (nSPS) is 18.2. The molecule has 5 nitrogen and oxygen atoms in total. The van der Waals surface area contributed by atoms with Crippen molar-refractivity contribution in [2.75, 3.05) is 32.8 Å². The van der Waals surface area contributed by atoms with Crippen molar-refractivity contribution in [1.29, 1.82) is 0 Å². The van der Waals surface area contributed by atoms with E-state index in [2.05, 4.69) is 19.2 Å². The molecule has 1 aliphatic rings. The molecule has 1 fully saturated rings. The molecule has 0 aromatic rings. The molecular formula is C12H24N2O3.